The van der Waals surface area contributed by atoms with E-state index in [4.69, 9.17) is 4.74 Å². The predicted molar refractivity (Wildman–Crippen MR) is 115 cm³/mol. The van der Waals surface area contributed by atoms with E-state index in [1.165, 1.54) is 61.9 Å². The van der Waals surface area contributed by atoms with E-state index in [-0.39, 0.29) is 5.91 Å². The van der Waals surface area contributed by atoms with Crippen molar-refractivity contribution in [2.75, 3.05) is 26.7 Å². The van der Waals surface area contributed by atoms with Gasteiger partial charge in [0.1, 0.15) is 11.8 Å². The quantitative estimate of drug-likeness (QED) is 0.760. The number of nitrogens with one attached hydrogen (secondary N) is 2. The van der Waals surface area contributed by atoms with Crippen LogP contribution in [0.15, 0.2) is 42.5 Å². The van der Waals surface area contributed by atoms with Crippen molar-refractivity contribution in [3.63, 3.8) is 0 Å². The lowest BCUT2D eigenvalue weighted by Crippen LogP contribution is -3.13. The molecule has 4 nitrogen and oxygen atoms in total. The number of piperidine rings is 1. The molecule has 2 aliphatic rings. The second-order valence-electron chi connectivity index (χ2n) is 8.48. The molecule has 0 bridgehead atoms. The van der Waals surface area contributed by atoms with Crippen LogP contribution in [-0.2, 0) is 24.1 Å². The highest BCUT2D eigenvalue weighted by atomic mass is 16.5. The molecule has 0 unspecified atom stereocenters. The summed E-state index contributed by atoms with van der Waals surface area (Å²) in [6.45, 7) is 3.04. The first kappa shape index (κ1) is 20.0. The number of fused-ring (bicyclic) bond motifs is 1. The van der Waals surface area contributed by atoms with E-state index in [2.05, 4.69) is 35.6 Å². The van der Waals surface area contributed by atoms with Crippen LogP contribution in [0.1, 0.15) is 54.0 Å². The number of likely N-dealkylation sites (tertiary alicyclic amines) is 1. The fraction of sp³-hybridized carbons (Fsp3) is 0.480. The molecule has 29 heavy (non-hydrogen) atoms. The first-order chi connectivity index (χ1) is 14.2. The Morgan fingerprint density at radius 1 is 1.00 bits per heavy atom. The molecule has 1 saturated heterocycles. The Morgan fingerprint density at radius 2 is 1.76 bits per heavy atom. The zero-order chi connectivity index (χ0) is 20.1. The minimum Gasteiger partial charge on any atom is -0.497 e. The highest BCUT2D eigenvalue weighted by molar-refractivity contribution is 5.78. The van der Waals surface area contributed by atoms with Gasteiger partial charge >= 0.3 is 0 Å². The van der Waals surface area contributed by atoms with Crippen molar-refractivity contribution >= 4 is 5.91 Å². The Balaban J connectivity index is 1.40. The zero-order valence-corrected chi connectivity index (χ0v) is 17.5. The number of aryl methyl sites for hydroxylation is 2. The van der Waals surface area contributed by atoms with Gasteiger partial charge in [0, 0.05) is 5.56 Å². The minimum atomic E-state index is 0.123. The Bertz CT molecular complexity index is 825. The highest BCUT2D eigenvalue weighted by Gasteiger charge is 2.26. The summed E-state index contributed by atoms with van der Waals surface area (Å²) in [6, 6.07) is 15.2. The van der Waals surface area contributed by atoms with Gasteiger partial charge in [0.25, 0.3) is 0 Å². The van der Waals surface area contributed by atoms with Crippen molar-refractivity contribution in [2.45, 2.75) is 51.0 Å². The van der Waals surface area contributed by atoms with Crippen molar-refractivity contribution < 1.29 is 14.4 Å². The summed E-state index contributed by atoms with van der Waals surface area (Å²) in [5.74, 6) is 1.000. The van der Waals surface area contributed by atoms with Gasteiger partial charge in [-0.3, -0.25) is 4.79 Å². The maximum absolute atomic E-state index is 12.7. The van der Waals surface area contributed by atoms with Gasteiger partial charge in [-0.05, 0) is 79.5 Å². The molecule has 4 rings (SSSR count). The first-order valence-electron chi connectivity index (χ1n) is 11.1. The average molecular weight is 394 g/mol. The number of hydrogen-bond donors (Lipinski definition) is 2. The number of ether oxygens (including phenoxy) is 1. The molecule has 154 valence electrons. The lowest BCUT2D eigenvalue weighted by atomic mass is 10.0. The van der Waals surface area contributed by atoms with E-state index in [1.807, 2.05) is 12.1 Å². The fourth-order valence-corrected chi connectivity index (χ4v) is 4.89. The summed E-state index contributed by atoms with van der Waals surface area (Å²) in [4.78, 5) is 14.3. The molecule has 1 aliphatic carbocycles. The number of methoxy groups -OCH3 is 1. The molecule has 2 aromatic carbocycles. The second-order valence-corrected chi connectivity index (χ2v) is 8.48. The van der Waals surface area contributed by atoms with Gasteiger partial charge < -0.3 is 15.0 Å². The molecule has 1 fully saturated rings. The van der Waals surface area contributed by atoms with Crippen LogP contribution in [0.2, 0.25) is 0 Å². The van der Waals surface area contributed by atoms with Crippen molar-refractivity contribution in [1.29, 1.82) is 0 Å². The zero-order valence-electron chi connectivity index (χ0n) is 17.5. The van der Waals surface area contributed by atoms with Gasteiger partial charge in [0.15, 0.2) is 0 Å². The fourth-order valence-electron chi connectivity index (χ4n) is 4.89. The molecule has 2 aromatic rings. The predicted octanol–water partition coefficient (Wildman–Crippen LogP) is 2.65. The van der Waals surface area contributed by atoms with E-state index < -0.39 is 0 Å². The van der Waals surface area contributed by atoms with Gasteiger partial charge in [-0.25, -0.2) is 0 Å². The summed E-state index contributed by atoms with van der Waals surface area (Å²) in [5, 5.41) is 3.23. The van der Waals surface area contributed by atoms with Crippen LogP contribution in [0.25, 0.3) is 0 Å². The number of benzene rings is 2. The number of carbonyl (C=O) groups is 1. The molecule has 1 aliphatic heterocycles. The number of quaternary nitrogens is 1. The highest BCUT2D eigenvalue weighted by Crippen LogP contribution is 2.23. The first-order valence-corrected chi connectivity index (χ1v) is 11.1. The van der Waals surface area contributed by atoms with Crippen LogP contribution in [0.3, 0.4) is 0 Å². The lowest BCUT2D eigenvalue weighted by molar-refractivity contribution is -0.935. The maximum Gasteiger partial charge on any atom is 0.224 e. The maximum atomic E-state index is 12.7. The Morgan fingerprint density at radius 3 is 2.52 bits per heavy atom. The van der Waals surface area contributed by atoms with E-state index in [9.17, 15) is 4.79 Å². The van der Waals surface area contributed by atoms with Crippen molar-refractivity contribution in [1.82, 2.24) is 5.32 Å². The monoisotopic (exact) mass is 393 g/mol. The van der Waals surface area contributed by atoms with Crippen molar-refractivity contribution in [2.24, 2.45) is 0 Å². The molecule has 1 atom stereocenters. The average Bonchev–Trinajstić information content (AvgIpc) is 3.23. The second kappa shape index (κ2) is 9.45. The van der Waals surface area contributed by atoms with Gasteiger partial charge in [-0.1, -0.05) is 18.2 Å². The van der Waals surface area contributed by atoms with Crippen LogP contribution < -0.4 is 15.0 Å². The summed E-state index contributed by atoms with van der Waals surface area (Å²) in [6.07, 6.45) is 7.91. The minimum absolute atomic E-state index is 0.123. The third-order valence-corrected chi connectivity index (χ3v) is 6.54. The molecule has 1 amide bonds. The third kappa shape index (κ3) is 4.99. The molecule has 0 aromatic heterocycles. The molecule has 1 heterocycles. The van der Waals surface area contributed by atoms with Crippen LogP contribution in [0.5, 0.6) is 5.75 Å². The molecule has 0 saturated carbocycles. The number of hydrogen-bond acceptors (Lipinski definition) is 2. The molecular formula is C25H33N2O2+. The standard InChI is InChI=1S/C25H32N2O2/c1-29-23-12-10-21(11-13-23)24(27-14-3-2-4-15-27)18-26-25(28)17-19-8-9-20-6-5-7-22(20)16-19/h8-13,16,24H,2-7,14-15,17-18H2,1H3,(H,26,28)/p+1/t24-/m1/s1. The molecule has 0 spiro atoms. The summed E-state index contributed by atoms with van der Waals surface area (Å²) < 4.78 is 5.31. The Hall–Kier alpha value is -2.33. The largest absolute Gasteiger partial charge is 0.497 e. The summed E-state index contributed by atoms with van der Waals surface area (Å²) in [7, 11) is 1.70. The Labute approximate surface area is 174 Å². The van der Waals surface area contributed by atoms with Gasteiger partial charge in [-0.2, -0.15) is 0 Å². The van der Waals surface area contributed by atoms with Crippen molar-refractivity contribution in [3.05, 3.63) is 64.7 Å². The SMILES string of the molecule is COc1ccc([C@@H](CNC(=O)Cc2ccc3c(c2)CCC3)[NH+]2CCCCC2)cc1. The van der Waals surface area contributed by atoms with E-state index >= 15 is 0 Å². The smallest absolute Gasteiger partial charge is 0.224 e. The summed E-state index contributed by atoms with van der Waals surface area (Å²) in [5.41, 5.74) is 5.31. The van der Waals surface area contributed by atoms with E-state index in [0.717, 1.165) is 17.7 Å². The Kier molecular flexibility index (Phi) is 6.50. The van der Waals surface area contributed by atoms with Gasteiger partial charge in [0.05, 0.1) is 33.2 Å². The number of carbonyl (C=O) groups excluding carboxylic acids is 1. The van der Waals surface area contributed by atoms with Gasteiger partial charge in [0.2, 0.25) is 5.91 Å². The lowest BCUT2D eigenvalue weighted by Gasteiger charge is -2.32. The number of rotatable bonds is 7. The molecule has 4 heteroatoms. The molecular weight excluding hydrogens is 360 g/mol. The van der Waals surface area contributed by atoms with Crippen LogP contribution >= 0.6 is 0 Å². The number of amides is 1. The summed E-state index contributed by atoms with van der Waals surface area (Å²) >= 11 is 0. The van der Waals surface area contributed by atoms with Crippen LogP contribution in [0, 0.1) is 0 Å². The van der Waals surface area contributed by atoms with E-state index in [1.54, 1.807) is 12.0 Å². The molecule has 0 radical (unpaired) electrons. The van der Waals surface area contributed by atoms with Crippen molar-refractivity contribution in [3.8, 4) is 5.75 Å². The van der Waals surface area contributed by atoms with Gasteiger partial charge in [-0.15, -0.1) is 0 Å². The molecule has 2 N–H and O–H groups in total. The topological polar surface area (TPSA) is 42.8 Å². The van der Waals surface area contributed by atoms with Crippen LogP contribution in [0.4, 0.5) is 0 Å². The third-order valence-electron chi connectivity index (χ3n) is 6.54. The normalized spacial score (nSPS) is 17.6. The van der Waals surface area contributed by atoms with E-state index in [0.29, 0.717) is 19.0 Å². The van der Waals surface area contributed by atoms with Crippen LogP contribution in [-0.4, -0.2) is 32.7 Å².